The highest BCUT2D eigenvalue weighted by Gasteiger charge is 2.48. The highest BCUT2D eigenvalue weighted by atomic mass is 35.5. The van der Waals surface area contributed by atoms with Crippen LogP contribution in [0.1, 0.15) is 54.4 Å². The predicted molar refractivity (Wildman–Crippen MR) is 100 cm³/mol. The summed E-state index contributed by atoms with van der Waals surface area (Å²) in [6.45, 7) is 3.62. The largest absolute Gasteiger partial charge is 0.349 e. The zero-order chi connectivity index (χ0) is 19.7. The van der Waals surface area contributed by atoms with Crippen LogP contribution in [0.4, 0.5) is 8.78 Å². The smallest absolute Gasteiger partial charge is 0.253 e. The van der Waals surface area contributed by atoms with Crippen molar-refractivity contribution in [1.29, 1.82) is 0 Å². The van der Waals surface area contributed by atoms with E-state index in [-0.39, 0.29) is 37.6 Å². The summed E-state index contributed by atoms with van der Waals surface area (Å²) in [7, 11) is 0. The second-order valence-electron chi connectivity index (χ2n) is 7.21. The third-order valence-corrected chi connectivity index (χ3v) is 5.85. The van der Waals surface area contributed by atoms with Gasteiger partial charge in [0, 0.05) is 36.7 Å². The van der Waals surface area contributed by atoms with Gasteiger partial charge in [0.2, 0.25) is 5.92 Å². The molecule has 0 saturated heterocycles. The molecular weight excluding hydrogens is 372 g/mol. The molecule has 0 bridgehead atoms. The molecule has 1 aromatic carbocycles. The molecule has 1 amide bonds. The van der Waals surface area contributed by atoms with Gasteiger partial charge in [0.25, 0.3) is 5.91 Å². The summed E-state index contributed by atoms with van der Waals surface area (Å²) in [4.78, 5) is 21.2. The third kappa shape index (κ3) is 4.10. The van der Waals surface area contributed by atoms with Crippen LogP contribution >= 0.6 is 11.6 Å². The quantitative estimate of drug-likeness (QED) is 0.818. The number of hydrogen-bond acceptors (Lipinski definition) is 3. The highest BCUT2D eigenvalue weighted by Crippen LogP contribution is 2.47. The van der Waals surface area contributed by atoms with Crippen molar-refractivity contribution in [1.82, 2.24) is 15.3 Å². The second kappa shape index (κ2) is 7.50. The summed E-state index contributed by atoms with van der Waals surface area (Å²) in [6.07, 6.45) is 3.40. The van der Waals surface area contributed by atoms with Gasteiger partial charge in [-0.3, -0.25) is 4.79 Å². The number of aromatic nitrogens is 2. The molecule has 0 aliphatic heterocycles. The van der Waals surface area contributed by atoms with Crippen molar-refractivity contribution in [2.75, 3.05) is 0 Å². The first-order valence-electron chi connectivity index (χ1n) is 8.96. The number of rotatable bonds is 4. The number of nitrogens with one attached hydrogen (secondary N) is 1. The second-order valence-corrected chi connectivity index (χ2v) is 7.61. The van der Waals surface area contributed by atoms with E-state index in [1.165, 1.54) is 0 Å². The average molecular weight is 394 g/mol. The lowest BCUT2D eigenvalue weighted by atomic mass is 9.65. The van der Waals surface area contributed by atoms with Crippen molar-refractivity contribution in [3.8, 4) is 0 Å². The van der Waals surface area contributed by atoms with Gasteiger partial charge in [0.1, 0.15) is 5.82 Å². The molecule has 0 radical (unpaired) electrons. The van der Waals surface area contributed by atoms with E-state index in [1.54, 1.807) is 43.6 Å². The number of carbonyl (C=O) groups is 1. The van der Waals surface area contributed by atoms with E-state index < -0.39 is 11.3 Å². The summed E-state index contributed by atoms with van der Waals surface area (Å²) in [6, 6.07) is 6.38. The maximum absolute atomic E-state index is 13.8. The van der Waals surface area contributed by atoms with Crippen LogP contribution in [-0.2, 0) is 5.41 Å². The van der Waals surface area contributed by atoms with Crippen molar-refractivity contribution in [2.24, 2.45) is 0 Å². The van der Waals surface area contributed by atoms with Crippen molar-refractivity contribution in [3.05, 3.63) is 58.6 Å². The van der Waals surface area contributed by atoms with Crippen molar-refractivity contribution < 1.29 is 13.6 Å². The molecule has 27 heavy (non-hydrogen) atoms. The third-order valence-electron chi connectivity index (χ3n) is 5.52. The van der Waals surface area contributed by atoms with Crippen molar-refractivity contribution >= 4 is 17.5 Å². The first-order chi connectivity index (χ1) is 12.7. The molecule has 1 saturated carbocycles. The van der Waals surface area contributed by atoms with E-state index in [9.17, 15) is 13.6 Å². The Labute approximate surface area is 162 Å². The SMILES string of the molecule is Cc1ncc(C2(C(C)NC(=O)c3ccccc3Cl)CCC(F)(F)CC2)cn1. The fraction of sp³-hybridized carbons (Fsp3) is 0.450. The average Bonchev–Trinajstić information content (AvgIpc) is 2.63. The van der Waals surface area contributed by atoms with Crippen molar-refractivity contribution in [2.45, 2.75) is 56.9 Å². The zero-order valence-corrected chi connectivity index (χ0v) is 16.1. The minimum atomic E-state index is -2.68. The molecule has 1 unspecified atom stereocenters. The van der Waals surface area contributed by atoms with E-state index in [2.05, 4.69) is 15.3 Å². The molecule has 1 aliphatic carbocycles. The lowest BCUT2D eigenvalue weighted by molar-refractivity contribution is -0.0560. The van der Waals surface area contributed by atoms with Crippen LogP contribution in [0.5, 0.6) is 0 Å². The summed E-state index contributed by atoms with van der Waals surface area (Å²) in [5, 5.41) is 3.32. The van der Waals surface area contributed by atoms with Gasteiger partial charge in [0.15, 0.2) is 0 Å². The van der Waals surface area contributed by atoms with Crippen LogP contribution in [0.2, 0.25) is 5.02 Å². The van der Waals surface area contributed by atoms with Gasteiger partial charge in [-0.2, -0.15) is 0 Å². The Bertz CT molecular complexity index is 816. The molecular formula is C20H22ClF2N3O. The Balaban J connectivity index is 1.90. The Morgan fingerprint density at radius 2 is 1.74 bits per heavy atom. The maximum Gasteiger partial charge on any atom is 0.253 e. The summed E-state index contributed by atoms with van der Waals surface area (Å²) in [5.74, 6) is -2.39. The van der Waals surface area contributed by atoms with Crippen LogP contribution in [0, 0.1) is 6.92 Å². The first-order valence-corrected chi connectivity index (χ1v) is 9.34. The Kier molecular flexibility index (Phi) is 5.47. The van der Waals surface area contributed by atoms with Gasteiger partial charge >= 0.3 is 0 Å². The number of aryl methyl sites for hydroxylation is 1. The molecule has 7 heteroatoms. The van der Waals surface area contributed by atoms with Gasteiger partial charge in [-0.1, -0.05) is 23.7 Å². The molecule has 3 rings (SSSR count). The van der Waals surface area contributed by atoms with Gasteiger partial charge in [0.05, 0.1) is 10.6 Å². The lowest BCUT2D eigenvalue weighted by Gasteiger charge is -2.44. The first kappa shape index (κ1) is 19.7. The number of halogens is 3. The van der Waals surface area contributed by atoms with Gasteiger partial charge < -0.3 is 5.32 Å². The molecule has 0 spiro atoms. The van der Waals surface area contributed by atoms with E-state index in [0.29, 0.717) is 16.4 Å². The van der Waals surface area contributed by atoms with E-state index in [0.717, 1.165) is 5.56 Å². The monoisotopic (exact) mass is 393 g/mol. The van der Waals surface area contributed by atoms with Crippen LogP contribution in [0.3, 0.4) is 0 Å². The molecule has 144 valence electrons. The van der Waals surface area contributed by atoms with Crippen LogP contribution in [0.15, 0.2) is 36.7 Å². The number of alkyl halides is 2. The fourth-order valence-corrected chi connectivity index (χ4v) is 3.96. The molecule has 1 heterocycles. The molecule has 1 atom stereocenters. The summed E-state index contributed by atoms with van der Waals surface area (Å²) in [5.41, 5.74) is 0.491. The number of nitrogens with zero attached hydrogens (tertiary/aromatic N) is 2. The summed E-state index contributed by atoms with van der Waals surface area (Å²) < 4.78 is 27.7. The predicted octanol–water partition coefficient (Wildman–Crippen LogP) is 4.70. The zero-order valence-electron chi connectivity index (χ0n) is 15.3. The van der Waals surface area contributed by atoms with Gasteiger partial charge in [-0.25, -0.2) is 18.7 Å². The van der Waals surface area contributed by atoms with E-state index in [1.807, 2.05) is 6.92 Å². The fourth-order valence-electron chi connectivity index (χ4n) is 3.74. The van der Waals surface area contributed by atoms with Crippen molar-refractivity contribution in [3.63, 3.8) is 0 Å². The van der Waals surface area contributed by atoms with Crippen LogP contribution < -0.4 is 5.32 Å². The minimum absolute atomic E-state index is 0.229. The maximum atomic E-state index is 13.8. The number of carbonyl (C=O) groups excluding carboxylic acids is 1. The summed E-state index contributed by atoms with van der Waals surface area (Å²) >= 11 is 6.11. The molecule has 4 nitrogen and oxygen atoms in total. The van der Waals surface area contributed by atoms with Crippen LogP contribution in [-0.4, -0.2) is 27.8 Å². The molecule has 1 fully saturated rings. The van der Waals surface area contributed by atoms with Gasteiger partial charge in [-0.15, -0.1) is 0 Å². The number of hydrogen-bond donors (Lipinski definition) is 1. The molecule has 1 aliphatic rings. The Morgan fingerprint density at radius 3 is 2.33 bits per heavy atom. The molecule has 1 N–H and O–H groups in total. The van der Waals surface area contributed by atoms with E-state index in [4.69, 9.17) is 11.6 Å². The topological polar surface area (TPSA) is 54.9 Å². The molecule has 2 aromatic rings. The van der Waals surface area contributed by atoms with Gasteiger partial charge in [-0.05, 0) is 44.4 Å². The Morgan fingerprint density at radius 1 is 1.15 bits per heavy atom. The number of benzene rings is 1. The number of amides is 1. The minimum Gasteiger partial charge on any atom is -0.349 e. The molecule has 1 aromatic heterocycles. The Hall–Kier alpha value is -2.08. The normalized spacial score (nSPS) is 19.3. The van der Waals surface area contributed by atoms with Crippen LogP contribution in [0.25, 0.3) is 0 Å². The lowest BCUT2D eigenvalue weighted by Crippen LogP contribution is -2.52. The van der Waals surface area contributed by atoms with E-state index >= 15 is 0 Å². The standard InChI is InChI=1S/C20H22ClF2N3O/c1-13(26-18(27)16-5-3-4-6-17(16)21)19(7-9-20(22,23)10-8-19)15-11-24-14(2)25-12-15/h3-6,11-13H,7-10H2,1-2H3,(H,26,27). The highest BCUT2D eigenvalue weighted by molar-refractivity contribution is 6.33.